The van der Waals surface area contributed by atoms with E-state index < -0.39 is 12.0 Å². The fourth-order valence-corrected chi connectivity index (χ4v) is 2.01. The van der Waals surface area contributed by atoms with E-state index in [2.05, 4.69) is 15.3 Å². The van der Waals surface area contributed by atoms with Crippen LogP contribution in [0.2, 0.25) is 0 Å². The normalized spacial score (nSPS) is 12.2. The van der Waals surface area contributed by atoms with E-state index in [9.17, 15) is 9.59 Å². The zero-order valence-electron chi connectivity index (χ0n) is 11.4. The van der Waals surface area contributed by atoms with Gasteiger partial charge in [-0.15, -0.1) is 0 Å². The van der Waals surface area contributed by atoms with E-state index in [1.807, 2.05) is 24.3 Å². The highest BCUT2D eigenvalue weighted by atomic mass is 16.4. The van der Waals surface area contributed by atoms with Gasteiger partial charge in [-0.05, 0) is 12.1 Å². The molecular formula is C14H17N3O4. The van der Waals surface area contributed by atoms with Crippen molar-refractivity contribution in [3.63, 3.8) is 0 Å². The predicted octanol–water partition coefficient (Wildman–Crippen LogP) is 0.447. The number of benzene rings is 1. The molecule has 0 aliphatic heterocycles. The zero-order chi connectivity index (χ0) is 15.2. The first-order chi connectivity index (χ1) is 10.1. The van der Waals surface area contributed by atoms with Crippen LogP contribution in [0.4, 0.5) is 0 Å². The number of aliphatic hydroxyl groups is 1. The van der Waals surface area contributed by atoms with Crippen molar-refractivity contribution in [1.29, 1.82) is 0 Å². The van der Waals surface area contributed by atoms with E-state index in [0.29, 0.717) is 12.2 Å². The number of aliphatic carboxylic acids is 1. The second-order valence-electron chi connectivity index (χ2n) is 4.67. The number of nitrogens with zero attached hydrogens (tertiary/aromatic N) is 1. The minimum absolute atomic E-state index is 0.00822. The van der Waals surface area contributed by atoms with E-state index in [1.54, 1.807) is 0 Å². The van der Waals surface area contributed by atoms with Gasteiger partial charge in [0.05, 0.1) is 11.0 Å². The molecule has 0 saturated carbocycles. The van der Waals surface area contributed by atoms with Gasteiger partial charge in [0.2, 0.25) is 5.91 Å². The Morgan fingerprint density at radius 1 is 1.33 bits per heavy atom. The van der Waals surface area contributed by atoms with Crippen LogP contribution in [-0.4, -0.2) is 44.7 Å². The maximum Gasteiger partial charge on any atom is 0.326 e. The summed E-state index contributed by atoms with van der Waals surface area (Å²) in [6.45, 7) is -0.291. The number of nitrogens with one attached hydrogen (secondary N) is 2. The van der Waals surface area contributed by atoms with Crippen molar-refractivity contribution in [3.8, 4) is 0 Å². The maximum atomic E-state index is 11.7. The first kappa shape index (κ1) is 15.0. The summed E-state index contributed by atoms with van der Waals surface area (Å²) in [5.74, 6) is -0.849. The molecule has 112 valence electrons. The summed E-state index contributed by atoms with van der Waals surface area (Å²) in [6.07, 6.45) is 0.521. The summed E-state index contributed by atoms with van der Waals surface area (Å²) in [6, 6.07) is 6.48. The van der Waals surface area contributed by atoms with Crippen LogP contribution >= 0.6 is 0 Å². The first-order valence-corrected chi connectivity index (χ1v) is 6.67. The van der Waals surface area contributed by atoms with Gasteiger partial charge in [0.1, 0.15) is 11.9 Å². The van der Waals surface area contributed by atoms with Gasteiger partial charge in [-0.1, -0.05) is 12.1 Å². The molecule has 0 aliphatic rings. The number of aryl methyl sites for hydroxylation is 1. The number of aliphatic hydroxyl groups excluding tert-OH is 1. The number of carboxylic acids is 1. The largest absolute Gasteiger partial charge is 0.480 e. The Kier molecular flexibility index (Phi) is 4.89. The minimum atomic E-state index is -1.15. The molecular weight excluding hydrogens is 274 g/mol. The second kappa shape index (κ2) is 6.85. The Balaban J connectivity index is 1.89. The summed E-state index contributed by atoms with van der Waals surface area (Å²) < 4.78 is 0. The topological polar surface area (TPSA) is 115 Å². The molecule has 0 fully saturated rings. The Hall–Kier alpha value is -2.41. The van der Waals surface area contributed by atoms with Crippen LogP contribution in [0.3, 0.4) is 0 Å². The number of amides is 1. The fraction of sp³-hybridized carbons (Fsp3) is 0.357. The van der Waals surface area contributed by atoms with Gasteiger partial charge in [-0.25, -0.2) is 9.78 Å². The van der Waals surface area contributed by atoms with Crippen LogP contribution in [0.15, 0.2) is 24.3 Å². The number of carbonyl (C=O) groups excluding carboxylic acids is 1. The summed E-state index contributed by atoms with van der Waals surface area (Å²) in [4.78, 5) is 30.0. The molecule has 1 aromatic carbocycles. The molecule has 0 aliphatic carbocycles. The van der Waals surface area contributed by atoms with Gasteiger partial charge in [0.15, 0.2) is 0 Å². The highest BCUT2D eigenvalue weighted by Gasteiger charge is 2.19. The number of hydrogen-bond donors (Lipinski definition) is 4. The van der Waals surface area contributed by atoms with Crippen LogP contribution in [0.1, 0.15) is 18.7 Å². The van der Waals surface area contributed by atoms with E-state index in [1.165, 1.54) is 0 Å². The van der Waals surface area contributed by atoms with Crippen molar-refractivity contribution in [1.82, 2.24) is 15.3 Å². The molecule has 1 heterocycles. The van der Waals surface area contributed by atoms with E-state index in [4.69, 9.17) is 10.2 Å². The number of rotatable bonds is 7. The lowest BCUT2D eigenvalue weighted by atomic mass is 10.2. The van der Waals surface area contributed by atoms with Gasteiger partial charge < -0.3 is 20.5 Å². The van der Waals surface area contributed by atoms with E-state index in [-0.39, 0.29) is 25.4 Å². The Labute approximate surface area is 121 Å². The van der Waals surface area contributed by atoms with Crippen molar-refractivity contribution in [2.45, 2.75) is 25.3 Å². The number of aromatic amines is 1. The average Bonchev–Trinajstić information content (AvgIpc) is 2.87. The fourth-order valence-electron chi connectivity index (χ4n) is 2.01. The Morgan fingerprint density at radius 3 is 2.76 bits per heavy atom. The molecule has 7 heteroatoms. The van der Waals surface area contributed by atoms with Crippen molar-refractivity contribution in [2.75, 3.05) is 6.61 Å². The van der Waals surface area contributed by atoms with E-state index in [0.717, 1.165) is 11.0 Å². The van der Waals surface area contributed by atoms with E-state index >= 15 is 0 Å². The Morgan fingerprint density at radius 2 is 2.10 bits per heavy atom. The molecule has 2 rings (SSSR count). The molecule has 1 atom stereocenters. The lowest BCUT2D eigenvalue weighted by Gasteiger charge is -2.12. The van der Waals surface area contributed by atoms with Crippen molar-refractivity contribution >= 4 is 22.9 Å². The second-order valence-corrected chi connectivity index (χ2v) is 4.67. The van der Waals surface area contributed by atoms with Crippen LogP contribution < -0.4 is 5.32 Å². The molecule has 0 bridgehead atoms. The number of aromatic nitrogens is 2. The van der Waals surface area contributed by atoms with Crippen LogP contribution in [0.5, 0.6) is 0 Å². The van der Waals surface area contributed by atoms with Gasteiger partial charge in [-0.3, -0.25) is 4.79 Å². The monoisotopic (exact) mass is 291 g/mol. The third-order valence-corrected chi connectivity index (χ3v) is 3.08. The number of imidazole rings is 1. The van der Waals surface area contributed by atoms with Gasteiger partial charge >= 0.3 is 5.97 Å². The third kappa shape index (κ3) is 4.03. The first-order valence-electron chi connectivity index (χ1n) is 6.67. The van der Waals surface area contributed by atoms with Crippen LogP contribution in [-0.2, 0) is 16.0 Å². The van der Waals surface area contributed by atoms with Crippen molar-refractivity contribution in [3.05, 3.63) is 30.1 Å². The smallest absolute Gasteiger partial charge is 0.326 e. The number of para-hydroxylation sites is 2. The number of H-pyrrole nitrogens is 1. The molecule has 0 spiro atoms. The highest BCUT2D eigenvalue weighted by molar-refractivity contribution is 5.83. The molecule has 1 aromatic heterocycles. The number of carbonyl (C=O) groups is 2. The molecule has 1 unspecified atom stereocenters. The van der Waals surface area contributed by atoms with Gasteiger partial charge in [0, 0.05) is 25.9 Å². The number of carboxylic acid groups (broad SMARTS) is 1. The molecule has 21 heavy (non-hydrogen) atoms. The van der Waals surface area contributed by atoms with Gasteiger partial charge in [0.25, 0.3) is 0 Å². The molecule has 0 saturated heterocycles. The maximum absolute atomic E-state index is 11.7. The molecule has 4 N–H and O–H groups in total. The SMILES string of the molecule is O=C(CCc1nc2ccccc2[nH]1)NC(CCO)C(=O)O. The predicted molar refractivity (Wildman–Crippen MR) is 75.7 cm³/mol. The van der Waals surface area contributed by atoms with Crippen LogP contribution in [0.25, 0.3) is 11.0 Å². The van der Waals surface area contributed by atoms with Crippen molar-refractivity contribution in [2.24, 2.45) is 0 Å². The minimum Gasteiger partial charge on any atom is -0.480 e. The zero-order valence-corrected chi connectivity index (χ0v) is 11.4. The number of fused-ring (bicyclic) bond motifs is 1. The van der Waals surface area contributed by atoms with Crippen LogP contribution in [0, 0.1) is 0 Å². The molecule has 1 amide bonds. The summed E-state index contributed by atoms with van der Waals surface area (Å²) in [5.41, 5.74) is 1.73. The quantitative estimate of drug-likeness (QED) is 0.591. The lowest BCUT2D eigenvalue weighted by molar-refractivity contribution is -0.142. The van der Waals surface area contributed by atoms with Crippen molar-refractivity contribution < 1.29 is 19.8 Å². The molecule has 0 radical (unpaired) electrons. The standard InChI is InChI=1S/C14H17N3O4/c18-8-7-11(14(20)21)17-13(19)6-5-12-15-9-3-1-2-4-10(9)16-12/h1-4,11,18H,5-8H2,(H,15,16)(H,17,19)(H,20,21). The molecule has 7 nitrogen and oxygen atoms in total. The summed E-state index contributed by atoms with van der Waals surface area (Å²) in [5, 5.41) is 20.0. The number of hydrogen-bond acceptors (Lipinski definition) is 4. The lowest BCUT2D eigenvalue weighted by Crippen LogP contribution is -2.41. The third-order valence-electron chi connectivity index (χ3n) is 3.08. The Bertz CT molecular complexity index is 605. The average molecular weight is 291 g/mol. The van der Waals surface area contributed by atoms with Gasteiger partial charge in [-0.2, -0.15) is 0 Å². The summed E-state index contributed by atoms with van der Waals surface area (Å²) in [7, 11) is 0. The summed E-state index contributed by atoms with van der Waals surface area (Å²) >= 11 is 0. The highest BCUT2D eigenvalue weighted by Crippen LogP contribution is 2.11. The molecule has 2 aromatic rings.